The van der Waals surface area contributed by atoms with Gasteiger partial charge in [0.15, 0.2) is 0 Å². The average molecular weight is 303 g/mol. The van der Waals surface area contributed by atoms with Gasteiger partial charge in [-0.15, -0.1) is 0 Å². The van der Waals surface area contributed by atoms with Gasteiger partial charge in [0.25, 0.3) is 0 Å². The van der Waals surface area contributed by atoms with Gasteiger partial charge < -0.3 is 0 Å². The molecule has 0 saturated heterocycles. The van der Waals surface area contributed by atoms with Crippen molar-refractivity contribution in [3.63, 3.8) is 0 Å². The fourth-order valence-corrected chi connectivity index (χ4v) is 4.61. The van der Waals surface area contributed by atoms with Gasteiger partial charge in [-0.25, -0.2) is 0 Å². The molecule has 0 atom stereocenters. The van der Waals surface area contributed by atoms with Gasteiger partial charge in [-0.05, 0) is 29.4 Å². The number of rotatable bonds is 1. The van der Waals surface area contributed by atoms with Gasteiger partial charge in [-0.2, -0.15) is 0 Å². The monoisotopic (exact) mass is 303 g/mol. The molecule has 0 saturated carbocycles. The Morgan fingerprint density at radius 1 is 0.955 bits per heavy atom. The molecule has 22 heavy (non-hydrogen) atoms. The van der Waals surface area contributed by atoms with Gasteiger partial charge in [0.1, 0.15) is 0 Å². The first-order valence-electron chi connectivity index (χ1n) is 8.04. The first-order valence-corrected chi connectivity index (χ1v) is 11.5. The van der Waals surface area contributed by atoms with Gasteiger partial charge in [0.2, 0.25) is 0 Å². The third-order valence-corrected chi connectivity index (χ3v) is 6.82. The maximum absolute atomic E-state index is 4.79. The van der Waals surface area contributed by atoms with Gasteiger partial charge in [0, 0.05) is 17.1 Å². The minimum Gasteiger partial charge on any atom is -0.255 e. The zero-order valence-corrected chi connectivity index (χ0v) is 14.5. The molecule has 0 radical (unpaired) electrons. The Hall–Kier alpha value is -1.93. The third-order valence-electron chi connectivity index (χ3n) is 4.78. The van der Waals surface area contributed by atoms with Crippen molar-refractivity contribution in [2.24, 2.45) is 0 Å². The lowest BCUT2D eigenvalue weighted by molar-refractivity contribution is 0.938. The molecule has 0 unspecified atom stereocenters. The SMILES string of the molecule is C[Si](C)(C)c1ccc2cnc3c(c2c1)CCc1ccccc1-3. The highest BCUT2D eigenvalue weighted by Gasteiger charge is 2.21. The molecular formula is C20H21NSi. The Balaban J connectivity index is 2.00. The molecule has 2 aromatic carbocycles. The molecule has 1 aliphatic carbocycles. The summed E-state index contributed by atoms with van der Waals surface area (Å²) < 4.78 is 0. The molecule has 4 rings (SSSR count). The largest absolute Gasteiger partial charge is 0.255 e. The molecule has 1 aliphatic rings. The van der Waals surface area contributed by atoms with Gasteiger partial charge in [0.05, 0.1) is 13.8 Å². The number of hydrogen-bond donors (Lipinski definition) is 0. The number of aryl methyl sites for hydroxylation is 2. The van der Waals surface area contributed by atoms with Gasteiger partial charge in [-0.1, -0.05) is 67.3 Å². The molecule has 0 N–H and O–H groups in total. The van der Waals surface area contributed by atoms with Crippen LogP contribution in [-0.4, -0.2) is 13.1 Å². The van der Waals surface area contributed by atoms with Crippen molar-refractivity contribution in [3.8, 4) is 11.3 Å². The van der Waals surface area contributed by atoms with E-state index in [-0.39, 0.29) is 0 Å². The van der Waals surface area contributed by atoms with E-state index in [1.807, 2.05) is 6.20 Å². The molecule has 0 aliphatic heterocycles. The molecule has 0 fully saturated rings. The van der Waals surface area contributed by atoms with Crippen LogP contribution in [0.4, 0.5) is 0 Å². The second-order valence-corrected chi connectivity index (χ2v) is 12.4. The Morgan fingerprint density at radius 3 is 2.59 bits per heavy atom. The van der Waals surface area contributed by atoms with Crippen LogP contribution in [0.5, 0.6) is 0 Å². The van der Waals surface area contributed by atoms with Crippen molar-refractivity contribution < 1.29 is 0 Å². The fourth-order valence-electron chi connectivity index (χ4n) is 3.45. The summed E-state index contributed by atoms with van der Waals surface area (Å²) in [5, 5.41) is 4.23. The van der Waals surface area contributed by atoms with Gasteiger partial charge in [-0.3, -0.25) is 4.98 Å². The minimum absolute atomic E-state index is 1.10. The van der Waals surface area contributed by atoms with Crippen LogP contribution < -0.4 is 5.19 Å². The van der Waals surface area contributed by atoms with Gasteiger partial charge >= 0.3 is 0 Å². The molecule has 110 valence electrons. The highest BCUT2D eigenvalue weighted by atomic mass is 28.3. The van der Waals surface area contributed by atoms with E-state index in [0.29, 0.717) is 0 Å². The van der Waals surface area contributed by atoms with Crippen molar-refractivity contribution in [3.05, 3.63) is 59.8 Å². The number of nitrogens with zero attached hydrogens (tertiary/aromatic N) is 1. The molecule has 0 spiro atoms. The number of aromatic nitrogens is 1. The summed E-state index contributed by atoms with van der Waals surface area (Å²) in [5.74, 6) is 0. The van der Waals surface area contributed by atoms with E-state index >= 15 is 0 Å². The summed E-state index contributed by atoms with van der Waals surface area (Å²) in [4.78, 5) is 4.79. The van der Waals surface area contributed by atoms with E-state index in [1.165, 1.54) is 38.3 Å². The van der Waals surface area contributed by atoms with E-state index < -0.39 is 8.07 Å². The van der Waals surface area contributed by atoms with E-state index in [0.717, 1.165) is 12.8 Å². The second-order valence-electron chi connectivity index (χ2n) is 7.29. The van der Waals surface area contributed by atoms with Crippen LogP contribution in [0.3, 0.4) is 0 Å². The number of fused-ring (bicyclic) bond motifs is 5. The number of hydrogen-bond acceptors (Lipinski definition) is 1. The van der Waals surface area contributed by atoms with Crippen molar-refractivity contribution in [1.29, 1.82) is 0 Å². The Morgan fingerprint density at radius 2 is 1.77 bits per heavy atom. The highest BCUT2D eigenvalue weighted by molar-refractivity contribution is 6.88. The molecule has 0 amide bonds. The van der Waals surface area contributed by atoms with Crippen LogP contribution in [0.15, 0.2) is 48.7 Å². The lowest BCUT2D eigenvalue weighted by atomic mass is 9.87. The lowest BCUT2D eigenvalue weighted by Gasteiger charge is -2.22. The Labute approximate surface area is 133 Å². The Bertz CT molecular complexity index is 874. The predicted molar refractivity (Wildman–Crippen MR) is 97.6 cm³/mol. The summed E-state index contributed by atoms with van der Waals surface area (Å²) in [6.45, 7) is 7.24. The first kappa shape index (κ1) is 13.7. The summed E-state index contributed by atoms with van der Waals surface area (Å²) in [6.07, 6.45) is 4.28. The van der Waals surface area contributed by atoms with E-state index in [2.05, 4.69) is 62.1 Å². The van der Waals surface area contributed by atoms with Crippen LogP contribution in [0, 0.1) is 0 Å². The molecule has 1 aromatic heterocycles. The summed E-state index contributed by atoms with van der Waals surface area (Å²) in [6, 6.07) is 15.7. The van der Waals surface area contributed by atoms with Crippen LogP contribution in [0.2, 0.25) is 19.6 Å². The standard InChI is InChI=1S/C20H21NSi/c1-22(2,3)16-10-8-15-13-21-20-17-7-5-4-6-14(17)9-11-18(20)19(15)12-16/h4-8,10,12-13H,9,11H2,1-3H3. The van der Waals surface area contributed by atoms with Crippen LogP contribution in [-0.2, 0) is 12.8 Å². The molecule has 1 nitrogen and oxygen atoms in total. The normalized spacial score (nSPS) is 13.8. The number of pyridine rings is 1. The molecule has 2 heteroatoms. The van der Waals surface area contributed by atoms with Crippen molar-refractivity contribution in [1.82, 2.24) is 4.98 Å². The smallest absolute Gasteiger partial charge is 0.0776 e. The molecule has 0 bridgehead atoms. The average Bonchev–Trinajstić information content (AvgIpc) is 2.53. The molecule has 3 aromatic rings. The molecular weight excluding hydrogens is 282 g/mol. The zero-order valence-electron chi connectivity index (χ0n) is 13.5. The molecule has 1 heterocycles. The Kier molecular flexibility index (Phi) is 2.98. The lowest BCUT2D eigenvalue weighted by Crippen LogP contribution is -2.37. The first-order chi connectivity index (χ1) is 10.5. The van der Waals surface area contributed by atoms with Crippen molar-refractivity contribution >= 4 is 24.0 Å². The summed E-state index contributed by atoms with van der Waals surface area (Å²) in [5.41, 5.74) is 5.39. The fraction of sp³-hybridized carbons (Fsp3) is 0.250. The second kappa shape index (κ2) is 4.78. The zero-order chi connectivity index (χ0) is 15.3. The minimum atomic E-state index is -1.29. The van der Waals surface area contributed by atoms with Crippen LogP contribution in [0.1, 0.15) is 11.1 Å². The number of benzene rings is 2. The summed E-state index contributed by atoms with van der Waals surface area (Å²) in [7, 11) is -1.29. The third kappa shape index (κ3) is 2.10. The maximum atomic E-state index is 4.79. The van der Waals surface area contributed by atoms with E-state index in [9.17, 15) is 0 Å². The van der Waals surface area contributed by atoms with E-state index in [4.69, 9.17) is 4.98 Å². The van der Waals surface area contributed by atoms with Crippen molar-refractivity contribution in [2.75, 3.05) is 0 Å². The van der Waals surface area contributed by atoms with E-state index in [1.54, 1.807) is 0 Å². The van der Waals surface area contributed by atoms with Crippen molar-refractivity contribution in [2.45, 2.75) is 32.5 Å². The maximum Gasteiger partial charge on any atom is 0.0776 e. The predicted octanol–water partition coefficient (Wildman–Crippen LogP) is 4.55. The highest BCUT2D eigenvalue weighted by Crippen LogP contribution is 2.35. The van der Waals surface area contributed by atoms with Crippen LogP contribution >= 0.6 is 0 Å². The summed E-state index contributed by atoms with van der Waals surface area (Å²) >= 11 is 0. The van der Waals surface area contributed by atoms with Crippen LogP contribution in [0.25, 0.3) is 22.0 Å². The topological polar surface area (TPSA) is 12.9 Å². The quantitative estimate of drug-likeness (QED) is 0.601.